The molecule has 0 bridgehead atoms. The van der Waals surface area contributed by atoms with E-state index < -0.39 is 50.3 Å². The highest BCUT2D eigenvalue weighted by molar-refractivity contribution is 7.92. The number of fused-ring (bicyclic) bond motifs is 1. The first-order valence-corrected chi connectivity index (χ1v) is 12.3. The van der Waals surface area contributed by atoms with E-state index in [1.807, 2.05) is 0 Å². The van der Waals surface area contributed by atoms with Crippen molar-refractivity contribution in [1.29, 1.82) is 0 Å². The number of benzene rings is 2. The molecule has 10 heteroatoms. The molecule has 3 aromatic rings. The van der Waals surface area contributed by atoms with Crippen molar-refractivity contribution in [1.82, 2.24) is 4.98 Å². The number of Topliss-reactive ketones (excluding diaryl/α,β-unsaturated/α-hetero) is 1. The second-order valence-corrected chi connectivity index (χ2v) is 9.98. The van der Waals surface area contributed by atoms with Crippen molar-refractivity contribution in [3.63, 3.8) is 0 Å². The molecule has 0 unspecified atom stereocenters. The van der Waals surface area contributed by atoms with Crippen LogP contribution in [0, 0.1) is 17.5 Å². The Kier molecular flexibility index (Phi) is 6.51. The molecule has 0 atom stereocenters. The first-order valence-electron chi connectivity index (χ1n) is 10.3. The van der Waals surface area contributed by atoms with Crippen LogP contribution in [0.2, 0.25) is 5.02 Å². The van der Waals surface area contributed by atoms with Gasteiger partial charge in [-0.2, -0.15) is 0 Å². The van der Waals surface area contributed by atoms with Crippen LogP contribution in [-0.2, 0) is 16.4 Å². The lowest BCUT2D eigenvalue weighted by molar-refractivity contribution is 0.105. The Morgan fingerprint density at radius 2 is 1.79 bits per heavy atom. The van der Waals surface area contributed by atoms with E-state index in [0.717, 1.165) is 5.56 Å². The highest BCUT2D eigenvalue weighted by Crippen LogP contribution is 2.35. The van der Waals surface area contributed by atoms with E-state index in [1.54, 1.807) is 48.2 Å². The number of anilines is 1. The van der Waals surface area contributed by atoms with Gasteiger partial charge in [-0.15, -0.1) is 0 Å². The highest BCUT2D eigenvalue weighted by Gasteiger charge is 2.30. The highest BCUT2D eigenvalue weighted by atomic mass is 35.5. The van der Waals surface area contributed by atoms with Crippen LogP contribution in [0.4, 0.5) is 18.9 Å². The normalized spacial score (nSPS) is 12.9. The summed E-state index contributed by atoms with van der Waals surface area (Å²) in [5.74, 6) is -6.10. The lowest BCUT2D eigenvalue weighted by Gasteiger charge is -2.13. The molecule has 0 fully saturated rings. The smallest absolute Gasteiger partial charge is 0.232 e. The fourth-order valence-corrected chi connectivity index (χ4v) is 4.95. The lowest BCUT2D eigenvalue weighted by Crippen LogP contribution is -2.20. The van der Waals surface area contributed by atoms with Gasteiger partial charge in [0.15, 0.2) is 23.2 Å². The maximum Gasteiger partial charge on any atom is 0.232 e. The maximum absolute atomic E-state index is 15.1. The SMILES string of the molecule is CCCS(=O)(=O)Nc1c(F)c(F)cc(C(=O)C2=CCc3ncc(-c4ccc(Cl)cc4)cc32)c1F. The Morgan fingerprint density at radius 1 is 1.09 bits per heavy atom. The van der Waals surface area contributed by atoms with Crippen molar-refractivity contribution in [3.05, 3.63) is 88.0 Å². The molecule has 1 aromatic heterocycles. The summed E-state index contributed by atoms with van der Waals surface area (Å²) < 4.78 is 69.5. The van der Waals surface area contributed by atoms with Gasteiger partial charge in [0.1, 0.15) is 5.69 Å². The molecule has 34 heavy (non-hydrogen) atoms. The standard InChI is InChI=1S/C24H18ClF3N2O3S/c1-2-9-34(32,33)30-23-21(27)18(11-19(26)22(23)28)24(31)16-7-8-20-17(16)10-14(12-29-20)13-3-5-15(25)6-4-13/h3-7,10-12,30H,2,8-9H2,1H3. The minimum absolute atomic E-state index is 0.0607. The number of rotatable bonds is 7. The van der Waals surface area contributed by atoms with Crippen LogP contribution in [0.15, 0.2) is 48.7 Å². The summed E-state index contributed by atoms with van der Waals surface area (Å²) in [5, 5.41) is 0.549. The van der Waals surface area contributed by atoms with Gasteiger partial charge in [0.2, 0.25) is 10.0 Å². The van der Waals surface area contributed by atoms with Gasteiger partial charge in [-0.1, -0.05) is 36.7 Å². The number of nitrogens with zero attached hydrogens (tertiary/aromatic N) is 1. The van der Waals surface area contributed by atoms with E-state index >= 15 is 4.39 Å². The monoisotopic (exact) mass is 506 g/mol. The fraction of sp³-hybridized carbons (Fsp3) is 0.167. The van der Waals surface area contributed by atoms with E-state index in [2.05, 4.69) is 4.98 Å². The lowest BCUT2D eigenvalue weighted by atomic mass is 9.96. The zero-order valence-corrected chi connectivity index (χ0v) is 19.4. The largest absolute Gasteiger partial charge is 0.288 e. The van der Waals surface area contributed by atoms with Crippen molar-refractivity contribution in [3.8, 4) is 11.1 Å². The number of aromatic nitrogens is 1. The van der Waals surface area contributed by atoms with Crippen LogP contribution in [0.1, 0.15) is 35.0 Å². The summed E-state index contributed by atoms with van der Waals surface area (Å²) in [6.07, 6.45) is 3.61. The Labute approximate surface area is 199 Å². The van der Waals surface area contributed by atoms with Gasteiger partial charge in [0.25, 0.3) is 0 Å². The van der Waals surface area contributed by atoms with Gasteiger partial charge in [0, 0.05) is 34.3 Å². The Morgan fingerprint density at radius 3 is 2.47 bits per heavy atom. The average molecular weight is 507 g/mol. The zero-order chi connectivity index (χ0) is 24.6. The van der Waals surface area contributed by atoms with Crippen LogP contribution in [-0.4, -0.2) is 24.9 Å². The van der Waals surface area contributed by atoms with Gasteiger partial charge in [0.05, 0.1) is 17.0 Å². The molecule has 0 radical (unpaired) electrons. The molecule has 0 amide bonds. The number of ketones is 1. The minimum Gasteiger partial charge on any atom is -0.288 e. The number of hydrogen-bond acceptors (Lipinski definition) is 4. The van der Waals surface area contributed by atoms with Gasteiger partial charge in [-0.25, -0.2) is 21.6 Å². The summed E-state index contributed by atoms with van der Waals surface area (Å²) in [6, 6.07) is 9.07. The molecule has 4 rings (SSSR count). The predicted octanol–water partition coefficient (Wildman–Crippen LogP) is 5.79. The summed E-state index contributed by atoms with van der Waals surface area (Å²) in [4.78, 5) is 17.6. The number of carbonyl (C=O) groups is 1. The molecule has 1 heterocycles. The second-order valence-electron chi connectivity index (χ2n) is 7.71. The first-order chi connectivity index (χ1) is 16.1. The summed E-state index contributed by atoms with van der Waals surface area (Å²) in [5.41, 5.74) is 0.501. The Hall–Kier alpha value is -3.17. The molecular weight excluding hydrogens is 489 g/mol. The van der Waals surface area contributed by atoms with Crippen LogP contribution in [0.3, 0.4) is 0 Å². The zero-order valence-electron chi connectivity index (χ0n) is 17.8. The number of nitrogens with one attached hydrogen (secondary N) is 1. The number of carbonyl (C=O) groups excluding carboxylic acids is 1. The molecule has 0 spiro atoms. The van der Waals surface area contributed by atoms with Gasteiger partial charge >= 0.3 is 0 Å². The number of allylic oxidation sites excluding steroid dienone is 2. The van der Waals surface area contributed by atoms with Crippen molar-refractivity contribution in [2.24, 2.45) is 0 Å². The first kappa shape index (κ1) is 24.0. The maximum atomic E-state index is 15.1. The van der Waals surface area contributed by atoms with E-state index in [-0.39, 0.29) is 12.0 Å². The van der Waals surface area contributed by atoms with Crippen molar-refractivity contribution in [2.75, 3.05) is 10.5 Å². The minimum atomic E-state index is -4.14. The molecule has 2 aromatic carbocycles. The van der Waals surface area contributed by atoms with Crippen molar-refractivity contribution >= 4 is 38.7 Å². The van der Waals surface area contributed by atoms with E-state index in [0.29, 0.717) is 34.3 Å². The molecule has 176 valence electrons. The molecule has 5 nitrogen and oxygen atoms in total. The third-order valence-electron chi connectivity index (χ3n) is 5.31. The van der Waals surface area contributed by atoms with E-state index in [9.17, 15) is 22.0 Å². The number of pyridine rings is 1. The third-order valence-corrected chi connectivity index (χ3v) is 7.03. The summed E-state index contributed by atoms with van der Waals surface area (Å²) in [7, 11) is -4.14. The van der Waals surface area contributed by atoms with Gasteiger partial charge in [-0.3, -0.25) is 14.5 Å². The van der Waals surface area contributed by atoms with Crippen LogP contribution in [0.5, 0.6) is 0 Å². The van der Waals surface area contributed by atoms with Crippen LogP contribution >= 0.6 is 11.6 Å². The molecule has 1 N–H and O–H groups in total. The van der Waals surface area contributed by atoms with Crippen molar-refractivity contribution in [2.45, 2.75) is 19.8 Å². The topological polar surface area (TPSA) is 76.1 Å². The number of halogens is 4. The number of sulfonamides is 1. The Balaban J connectivity index is 1.74. The van der Waals surface area contributed by atoms with E-state index in [1.165, 1.54) is 6.08 Å². The van der Waals surface area contributed by atoms with Gasteiger partial charge in [-0.05, 0) is 36.2 Å². The molecule has 0 saturated heterocycles. The molecule has 0 aliphatic heterocycles. The van der Waals surface area contributed by atoms with Crippen molar-refractivity contribution < 1.29 is 26.4 Å². The third kappa shape index (κ3) is 4.58. The summed E-state index contributed by atoms with van der Waals surface area (Å²) >= 11 is 5.93. The van der Waals surface area contributed by atoms with E-state index in [4.69, 9.17) is 11.6 Å². The van der Waals surface area contributed by atoms with Crippen LogP contribution < -0.4 is 4.72 Å². The average Bonchev–Trinajstić information content (AvgIpc) is 3.22. The molecular formula is C24H18ClF3N2O3S. The second kappa shape index (κ2) is 9.23. The predicted molar refractivity (Wildman–Crippen MR) is 125 cm³/mol. The molecule has 0 saturated carbocycles. The molecule has 1 aliphatic rings. The number of hydrogen-bond donors (Lipinski definition) is 1. The van der Waals surface area contributed by atoms with Crippen LogP contribution in [0.25, 0.3) is 16.7 Å². The van der Waals surface area contributed by atoms with Gasteiger partial charge < -0.3 is 0 Å². The quantitative estimate of drug-likeness (QED) is 0.325. The molecule has 1 aliphatic carbocycles. The summed E-state index contributed by atoms with van der Waals surface area (Å²) in [6.45, 7) is 1.56. The fourth-order valence-electron chi connectivity index (χ4n) is 3.69. The Bertz CT molecular complexity index is 1440.